The van der Waals surface area contributed by atoms with Gasteiger partial charge in [-0.25, -0.2) is 0 Å². The Balaban J connectivity index is 2.89. The Labute approximate surface area is 91.6 Å². The van der Waals surface area contributed by atoms with Crippen LogP contribution >= 0.6 is 0 Å². The number of carbonyl (C=O) groups is 1. The van der Waals surface area contributed by atoms with Gasteiger partial charge in [0, 0.05) is 12.6 Å². The summed E-state index contributed by atoms with van der Waals surface area (Å²) in [7, 11) is 0. The zero-order chi connectivity index (χ0) is 11.6. The molecule has 15 heavy (non-hydrogen) atoms. The molecule has 0 aliphatic carbocycles. The third kappa shape index (κ3) is 2.32. The Morgan fingerprint density at radius 3 is 2.73 bits per heavy atom. The van der Waals surface area contributed by atoms with E-state index in [4.69, 9.17) is 5.11 Å². The SMILES string of the molecule is CCC(C)N1C(=O)C(CO)NCC1(C)C. The lowest BCUT2D eigenvalue weighted by atomic mass is 9.94. The summed E-state index contributed by atoms with van der Waals surface area (Å²) >= 11 is 0. The first-order valence-electron chi connectivity index (χ1n) is 5.61. The number of aliphatic hydroxyl groups excluding tert-OH is 1. The van der Waals surface area contributed by atoms with Gasteiger partial charge in [0.1, 0.15) is 6.04 Å². The minimum Gasteiger partial charge on any atom is -0.394 e. The molecule has 1 heterocycles. The van der Waals surface area contributed by atoms with E-state index in [1.807, 2.05) is 4.90 Å². The molecule has 0 bridgehead atoms. The van der Waals surface area contributed by atoms with E-state index in [0.717, 1.165) is 13.0 Å². The summed E-state index contributed by atoms with van der Waals surface area (Å²) in [6.45, 7) is 8.84. The quantitative estimate of drug-likeness (QED) is 0.713. The number of piperazine rings is 1. The highest BCUT2D eigenvalue weighted by Crippen LogP contribution is 2.23. The van der Waals surface area contributed by atoms with E-state index in [-0.39, 0.29) is 24.1 Å². The summed E-state index contributed by atoms with van der Waals surface area (Å²) in [5.41, 5.74) is -0.168. The average Bonchev–Trinajstić information content (AvgIpc) is 2.17. The summed E-state index contributed by atoms with van der Waals surface area (Å²) in [6, 6.07) is -0.198. The van der Waals surface area contributed by atoms with Gasteiger partial charge in [0.25, 0.3) is 0 Å². The molecule has 2 unspecified atom stereocenters. The summed E-state index contributed by atoms with van der Waals surface area (Å²) < 4.78 is 0. The van der Waals surface area contributed by atoms with Crippen molar-refractivity contribution < 1.29 is 9.90 Å². The molecule has 0 aromatic carbocycles. The van der Waals surface area contributed by atoms with Crippen LogP contribution in [-0.4, -0.2) is 46.7 Å². The molecule has 1 aliphatic heterocycles. The zero-order valence-electron chi connectivity index (χ0n) is 10.1. The van der Waals surface area contributed by atoms with Crippen molar-refractivity contribution in [3.63, 3.8) is 0 Å². The Hall–Kier alpha value is -0.610. The van der Waals surface area contributed by atoms with E-state index in [1.54, 1.807) is 0 Å². The van der Waals surface area contributed by atoms with Gasteiger partial charge in [-0.15, -0.1) is 0 Å². The molecule has 4 nitrogen and oxygen atoms in total. The first-order chi connectivity index (χ1) is 6.94. The maximum absolute atomic E-state index is 12.1. The average molecular weight is 214 g/mol. The van der Waals surface area contributed by atoms with E-state index in [1.165, 1.54) is 0 Å². The van der Waals surface area contributed by atoms with Gasteiger partial charge in [0.2, 0.25) is 5.91 Å². The molecule has 1 saturated heterocycles. The molecule has 0 spiro atoms. The summed E-state index contributed by atoms with van der Waals surface area (Å²) in [4.78, 5) is 14.0. The van der Waals surface area contributed by atoms with Crippen molar-refractivity contribution in [1.29, 1.82) is 0 Å². The fourth-order valence-corrected chi connectivity index (χ4v) is 2.15. The van der Waals surface area contributed by atoms with Crippen molar-refractivity contribution in [2.24, 2.45) is 0 Å². The predicted octanol–water partition coefficient (Wildman–Crippen LogP) is 0.356. The van der Waals surface area contributed by atoms with Gasteiger partial charge in [-0.1, -0.05) is 6.92 Å². The molecule has 1 fully saturated rings. The highest BCUT2D eigenvalue weighted by Gasteiger charge is 2.41. The van der Waals surface area contributed by atoms with Crippen LogP contribution < -0.4 is 5.32 Å². The number of hydrogen-bond acceptors (Lipinski definition) is 3. The van der Waals surface area contributed by atoms with Crippen LogP contribution in [0, 0.1) is 0 Å². The largest absolute Gasteiger partial charge is 0.394 e. The lowest BCUT2D eigenvalue weighted by Crippen LogP contribution is -2.68. The topological polar surface area (TPSA) is 52.6 Å². The van der Waals surface area contributed by atoms with Crippen LogP contribution in [0.5, 0.6) is 0 Å². The summed E-state index contributed by atoms with van der Waals surface area (Å²) in [5.74, 6) is 0.0168. The Morgan fingerprint density at radius 2 is 2.27 bits per heavy atom. The molecule has 4 heteroatoms. The highest BCUT2D eigenvalue weighted by molar-refractivity contribution is 5.84. The van der Waals surface area contributed by atoms with Gasteiger partial charge < -0.3 is 15.3 Å². The van der Waals surface area contributed by atoms with Crippen LogP contribution in [-0.2, 0) is 4.79 Å². The second kappa shape index (κ2) is 4.49. The van der Waals surface area contributed by atoms with Crippen molar-refractivity contribution in [3.8, 4) is 0 Å². The number of hydrogen-bond donors (Lipinski definition) is 2. The van der Waals surface area contributed by atoms with Crippen LogP contribution in [0.25, 0.3) is 0 Å². The van der Waals surface area contributed by atoms with E-state index >= 15 is 0 Å². The Morgan fingerprint density at radius 1 is 1.67 bits per heavy atom. The van der Waals surface area contributed by atoms with Crippen LogP contribution in [0.2, 0.25) is 0 Å². The van der Waals surface area contributed by atoms with Crippen molar-refractivity contribution in [1.82, 2.24) is 10.2 Å². The van der Waals surface area contributed by atoms with Gasteiger partial charge in [-0.05, 0) is 27.2 Å². The third-order valence-electron chi connectivity index (χ3n) is 3.18. The van der Waals surface area contributed by atoms with E-state index in [9.17, 15) is 4.79 Å². The van der Waals surface area contributed by atoms with Crippen molar-refractivity contribution in [3.05, 3.63) is 0 Å². The molecule has 1 rings (SSSR count). The van der Waals surface area contributed by atoms with Gasteiger partial charge in [0.05, 0.1) is 12.1 Å². The van der Waals surface area contributed by atoms with Gasteiger partial charge in [0.15, 0.2) is 0 Å². The van der Waals surface area contributed by atoms with Crippen LogP contribution in [0.1, 0.15) is 34.1 Å². The maximum Gasteiger partial charge on any atom is 0.242 e. The highest BCUT2D eigenvalue weighted by atomic mass is 16.3. The lowest BCUT2D eigenvalue weighted by molar-refractivity contribution is -0.147. The van der Waals surface area contributed by atoms with Gasteiger partial charge in [-0.2, -0.15) is 0 Å². The molecule has 0 aromatic rings. The lowest BCUT2D eigenvalue weighted by Gasteiger charge is -2.48. The number of aliphatic hydroxyl groups is 1. The summed E-state index contributed by atoms with van der Waals surface area (Å²) in [5, 5.41) is 12.2. The van der Waals surface area contributed by atoms with Crippen molar-refractivity contribution in [2.45, 2.75) is 51.7 Å². The summed E-state index contributed by atoms with van der Waals surface area (Å²) in [6.07, 6.45) is 0.938. The number of carbonyl (C=O) groups excluding carboxylic acids is 1. The third-order valence-corrected chi connectivity index (χ3v) is 3.18. The number of nitrogens with one attached hydrogen (secondary N) is 1. The Kier molecular flexibility index (Phi) is 3.73. The Bertz CT molecular complexity index is 241. The van der Waals surface area contributed by atoms with Crippen LogP contribution in [0.4, 0.5) is 0 Å². The minimum absolute atomic E-state index is 0.0168. The van der Waals surface area contributed by atoms with E-state index in [2.05, 4.69) is 33.0 Å². The molecule has 0 aromatic heterocycles. The first kappa shape index (κ1) is 12.5. The standard InChI is InChI=1S/C11H22N2O2/c1-5-8(2)13-10(15)9(6-14)12-7-11(13,3)4/h8-9,12,14H,5-7H2,1-4H3. The van der Waals surface area contributed by atoms with Gasteiger partial charge >= 0.3 is 0 Å². The number of nitrogens with zero attached hydrogens (tertiary/aromatic N) is 1. The zero-order valence-corrected chi connectivity index (χ0v) is 10.1. The fourth-order valence-electron chi connectivity index (χ4n) is 2.15. The molecule has 1 amide bonds. The first-order valence-corrected chi connectivity index (χ1v) is 5.61. The van der Waals surface area contributed by atoms with Crippen molar-refractivity contribution in [2.75, 3.05) is 13.2 Å². The molecule has 88 valence electrons. The van der Waals surface area contributed by atoms with Crippen molar-refractivity contribution >= 4 is 5.91 Å². The number of amides is 1. The second-order valence-electron chi connectivity index (χ2n) is 4.89. The van der Waals surface area contributed by atoms with Crippen LogP contribution in [0.3, 0.4) is 0 Å². The minimum atomic E-state index is -0.424. The smallest absolute Gasteiger partial charge is 0.242 e. The fraction of sp³-hybridized carbons (Fsp3) is 0.909. The predicted molar refractivity (Wildman–Crippen MR) is 59.6 cm³/mol. The molecular weight excluding hydrogens is 192 g/mol. The maximum atomic E-state index is 12.1. The second-order valence-corrected chi connectivity index (χ2v) is 4.89. The molecule has 2 N–H and O–H groups in total. The van der Waals surface area contributed by atoms with E-state index < -0.39 is 6.04 Å². The molecule has 0 radical (unpaired) electrons. The van der Waals surface area contributed by atoms with Gasteiger partial charge in [-0.3, -0.25) is 4.79 Å². The molecular formula is C11H22N2O2. The monoisotopic (exact) mass is 214 g/mol. The molecule has 1 aliphatic rings. The van der Waals surface area contributed by atoms with Crippen LogP contribution in [0.15, 0.2) is 0 Å². The molecule has 2 atom stereocenters. The van der Waals surface area contributed by atoms with E-state index in [0.29, 0.717) is 0 Å². The normalized spacial score (nSPS) is 27.9. The number of rotatable bonds is 3. The molecule has 0 saturated carbocycles.